The van der Waals surface area contributed by atoms with Crippen LogP contribution in [0.4, 0.5) is 5.69 Å². The Balaban J connectivity index is 2.09. The molecule has 0 saturated heterocycles. The highest BCUT2D eigenvalue weighted by Gasteiger charge is 2.15. The highest BCUT2D eigenvalue weighted by atomic mass is 16.2. The third-order valence-corrected chi connectivity index (χ3v) is 4.21. The van der Waals surface area contributed by atoms with Gasteiger partial charge in [-0.25, -0.2) is 0 Å². The number of carbonyl (C=O) groups is 1. The summed E-state index contributed by atoms with van der Waals surface area (Å²) >= 11 is 0. The van der Waals surface area contributed by atoms with Crippen molar-refractivity contribution in [2.24, 2.45) is 0 Å². The van der Waals surface area contributed by atoms with Gasteiger partial charge < -0.3 is 9.88 Å². The average Bonchev–Trinajstić information content (AvgIpc) is 2.58. The van der Waals surface area contributed by atoms with E-state index >= 15 is 0 Å². The third-order valence-electron chi connectivity index (χ3n) is 4.21. The first-order valence-corrected chi connectivity index (χ1v) is 8.02. The van der Waals surface area contributed by atoms with E-state index in [1.165, 1.54) is 0 Å². The van der Waals surface area contributed by atoms with Gasteiger partial charge in [0.2, 0.25) is 5.43 Å². The molecule has 3 rings (SSSR count). The number of rotatable bonds is 3. The van der Waals surface area contributed by atoms with E-state index in [2.05, 4.69) is 5.32 Å². The summed E-state index contributed by atoms with van der Waals surface area (Å²) in [5, 5.41) is 3.43. The van der Waals surface area contributed by atoms with Gasteiger partial charge in [0.15, 0.2) is 0 Å². The maximum absolute atomic E-state index is 12.7. The van der Waals surface area contributed by atoms with Crippen LogP contribution in [0.15, 0.2) is 53.5 Å². The number of pyridine rings is 1. The monoisotopic (exact) mass is 320 g/mol. The molecule has 1 N–H and O–H groups in total. The molecular weight excluding hydrogens is 300 g/mol. The third kappa shape index (κ3) is 2.83. The Labute approximate surface area is 140 Å². The fourth-order valence-corrected chi connectivity index (χ4v) is 2.83. The summed E-state index contributed by atoms with van der Waals surface area (Å²) in [5.74, 6) is -0.373. The number of anilines is 1. The summed E-state index contributed by atoms with van der Waals surface area (Å²) in [6, 6.07) is 13.2. The van der Waals surface area contributed by atoms with Crippen molar-refractivity contribution in [3.05, 3.63) is 75.6 Å². The predicted octanol–water partition coefficient (Wildman–Crippen LogP) is 3.89. The summed E-state index contributed by atoms with van der Waals surface area (Å²) in [6.07, 6.45) is 1.64. The number of amides is 1. The number of benzene rings is 2. The number of hydrogen-bond donors (Lipinski definition) is 1. The molecule has 0 fully saturated rings. The molecular formula is C20H20N2O2. The predicted molar refractivity (Wildman–Crippen MR) is 97.8 cm³/mol. The van der Waals surface area contributed by atoms with Gasteiger partial charge in [0.1, 0.15) is 5.56 Å². The van der Waals surface area contributed by atoms with Crippen LogP contribution < -0.4 is 10.7 Å². The molecule has 4 heteroatoms. The number of nitrogens with one attached hydrogen (secondary N) is 1. The van der Waals surface area contributed by atoms with Gasteiger partial charge in [-0.3, -0.25) is 9.59 Å². The number of carbonyl (C=O) groups excluding carboxylic acids is 1. The van der Waals surface area contributed by atoms with Crippen molar-refractivity contribution in [1.29, 1.82) is 0 Å². The van der Waals surface area contributed by atoms with Crippen LogP contribution in [-0.4, -0.2) is 10.5 Å². The zero-order valence-corrected chi connectivity index (χ0v) is 14.1. The molecule has 24 heavy (non-hydrogen) atoms. The van der Waals surface area contributed by atoms with Gasteiger partial charge in [0, 0.05) is 23.8 Å². The van der Waals surface area contributed by atoms with Crippen LogP contribution in [0.25, 0.3) is 10.9 Å². The van der Waals surface area contributed by atoms with Crippen molar-refractivity contribution < 1.29 is 4.79 Å². The summed E-state index contributed by atoms with van der Waals surface area (Å²) in [7, 11) is 0. The Morgan fingerprint density at radius 3 is 2.62 bits per heavy atom. The smallest absolute Gasteiger partial charge is 0.261 e. The minimum Gasteiger partial charge on any atom is -0.347 e. The van der Waals surface area contributed by atoms with E-state index in [4.69, 9.17) is 0 Å². The second-order valence-corrected chi connectivity index (χ2v) is 5.95. The standard InChI is InChI=1S/C20H20N2O2/c1-4-22-12-16(19(23)15-7-5-6-8-18(15)22)20(24)21-17-11-13(2)9-10-14(17)3/h5-12H,4H2,1-3H3,(H,21,24). The largest absolute Gasteiger partial charge is 0.347 e. The van der Waals surface area contributed by atoms with Gasteiger partial charge >= 0.3 is 0 Å². The maximum atomic E-state index is 12.7. The Bertz CT molecular complexity index is 987. The highest BCUT2D eigenvalue weighted by Crippen LogP contribution is 2.18. The van der Waals surface area contributed by atoms with Gasteiger partial charge in [0.25, 0.3) is 5.91 Å². The maximum Gasteiger partial charge on any atom is 0.261 e. The Morgan fingerprint density at radius 2 is 1.88 bits per heavy atom. The lowest BCUT2D eigenvalue weighted by atomic mass is 10.1. The SMILES string of the molecule is CCn1cc(C(=O)Nc2cc(C)ccc2C)c(=O)c2ccccc21. The zero-order valence-electron chi connectivity index (χ0n) is 14.1. The number of aryl methyl sites for hydroxylation is 3. The van der Waals surface area contributed by atoms with Crippen LogP contribution in [0, 0.1) is 13.8 Å². The summed E-state index contributed by atoms with van der Waals surface area (Å²) in [5.41, 5.74) is 3.52. The van der Waals surface area contributed by atoms with E-state index in [0.717, 1.165) is 22.3 Å². The van der Waals surface area contributed by atoms with Crippen LogP contribution in [0.1, 0.15) is 28.4 Å². The molecule has 0 aliphatic heterocycles. The van der Waals surface area contributed by atoms with Crippen LogP contribution in [-0.2, 0) is 6.54 Å². The first kappa shape index (κ1) is 16.0. The molecule has 0 spiro atoms. The number of para-hydroxylation sites is 1. The van der Waals surface area contributed by atoms with Gasteiger partial charge in [-0.15, -0.1) is 0 Å². The van der Waals surface area contributed by atoms with Crippen LogP contribution in [0.2, 0.25) is 0 Å². The lowest BCUT2D eigenvalue weighted by Gasteiger charge is -2.13. The van der Waals surface area contributed by atoms with E-state index in [1.54, 1.807) is 12.3 Å². The average molecular weight is 320 g/mol. The van der Waals surface area contributed by atoms with Crippen LogP contribution in [0.5, 0.6) is 0 Å². The van der Waals surface area contributed by atoms with Crippen molar-refractivity contribution in [3.63, 3.8) is 0 Å². The second-order valence-electron chi connectivity index (χ2n) is 5.95. The first-order chi connectivity index (χ1) is 11.5. The van der Waals surface area contributed by atoms with Crippen molar-refractivity contribution in [2.75, 3.05) is 5.32 Å². The molecule has 122 valence electrons. The second kappa shape index (κ2) is 6.32. The molecule has 0 radical (unpaired) electrons. The summed E-state index contributed by atoms with van der Waals surface area (Å²) in [6.45, 7) is 6.57. The molecule has 0 atom stereocenters. The van der Waals surface area contributed by atoms with Gasteiger partial charge in [-0.1, -0.05) is 24.3 Å². The van der Waals surface area contributed by atoms with E-state index in [-0.39, 0.29) is 16.9 Å². The van der Waals surface area contributed by atoms with E-state index in [0.29, 0.717) is 11.9 Å². The molecule has 2 aromatic carbocycles. The quantitative estimate of drug-likeness (QED) is 0.796. The Hall–Kier alpha value is -2.88. The minimum absolute atomic E-state index is 0.163. The van der Waals surface area contributed by atoms with Crippen molar-refractivity contribution >= 4 is 22.5 Å². The minimum atomic E-state index is -0.373. The highest BCUT2D eigenvalue weighted by molar-refractivity contribution is 6.06. The fourth-order valence-electron chi connectivity index (χ4n) is 2.83. The van der Waals surface area contributed by atoms with E-state index in [1.807, 2.05) is 61.7 Å². The van der Waals surface area contributed by atoms with Crippen molar-refractivity contribution in [3.8, 4) is 0 Å². The summed E-state index contributed by atoms with van der Waals surface area (Å²) < 4.78 is 1.93. The van der Waals surface area contributed by atoms with E-state index in [9.17, 15) is 9.59 Å². The van der Waals surface area contributed by atoms with Gasteiger partial charge in [0.05, 0.1) is 5.52 Å². The first-order valence-electron chi connectivity index (χ1n) is 8.02. The van der Waals surface area contributed by atoms with Gasteiger partial charge in [-0.2, -0.15) is 0 Å². The molecule has 1 heterocycles. The molecule has 4 nitrogen and oxygen atoms in total. The number of fused-ring (bicyclic) bond motifs is 1. The zero-order chi connectivity index (χ0) is 17.3. The molecule has 3 aromatic rings. The van der Waals surface area contributed by atoms with Gasteiger partial charge in [-0.05, 0) is 50.1 Å². The Kier molecular flexibility index (Phi) is 4.21. The lowest BCUT2D eigenvalue weighted by Crippen LogP contribution is -2.24. The topological polar surface area (TPSA) is 51.1 Å². The lowest BCUT2D eigenvalue weighted by molar-refractivity contribution is 0.102. The van der Waals surface area contributed by atoms with Crippen LogP contribution in [0.3, 0.4) is 0 Å². The van der Waals surface area contributed by atoms with Crippen molar-refractivity contribution in [2.45, 2.75) is 27.3 Å². The summed E-state index contributed by atoms with van der Waals surface area (Å²) in [4.78, 5) is 25.4. The van der Waals surface area contributed by atoms with E-state index < -0.39 is 0 Å². The fraction of sp³-hybridized carbons (Fsp3) is 0.200. The van der Waals surface area contributed by atoms with Crippen molar-refractivity contribution in [1.82, 2.24) is 4.57 Å². The van der Waals surface area contributed by atoms with Crippen LogP contribution >= 0.6 is 0 Å². The normalized spacial score (nSPS) is 10.8. The molecule has 0 saturated carbocycles. The molecule has 0 aliphatic rings. The Morgan fingerprint density at radius 1 is 1.12 bits per heavy atom. The molecule has 0 bridgehead atoms. The molecule has 0 aliphatic carbocycles. The molecule has 1 amide bonds. The molecule has 1 aromatic heterocycles. The number of nitrogens with zero attached hydrogens (tertiary/aromatic N) is 1. The molecule has 0 unspecified atom stereocenters. The number of aromatic nitrogens is 1. The number of hydrogen-bond acceptors (Lipinski definition) is 2.